The Bertz CT molecular complexity index is 670. The quantitative estimate of drug-likeness (QED) is 0.830. The molecule has 2 aliphatic rings. The summed E-state index contributed by atoms with van der Waals surface area (Å²) in [7, 11) is -3.64. The van der Waals surface area contributed by atoms with Crippen LogP contribution in [0.3, 0.4) is 0 Å². The minimum Gasteiger partial charge on any atom is -0.356 e. The first-order valence-corrected chi connectivity index (χ1v) is 9.85. The average Bonchev–Trinajstić information content (AvgIpc) is 3.09. The highest BCUT2D eigenvalue weighted by Crippen LogP contribution is 2.49. The number of primary sulfonamides is 1. The molecule has 3 rings (SSSR count). The van der Waals surface area contributed by atoms with Crippen molar-refractivity contribution in [3.05, 3.63) is 29.8 Å². The number of amides is 1. The summed E-state index contributed by atoms with van der Waals surface area (Å²) in [6.45, 7) is 0.578. The molecule has 2 aliphatic carbocycles. The third-order valence-corrected chi connectivity index (χ3v) is 6.25. The van der Waals surface area contributed by atoms with Crippen molar-refractivity contribution >= 4 is 15.9 Å². The minimum absolute atomic E-state index is 0.113. The Morgan fingerprint density at radius 3 is 2.48 bits per heavy atom. The number of nitrogens with one attached hydrogen (secondary N) is 1. The van der Waals surface area contributed by atoms with Crippen LogP contribution in [0.4, 0.5) is 0 Å². The summed E-state index contributed by atoms with van der Waals surface area (Å²) in [5.74, 6) is 2.37. The van der Waals surface area contributed by atoms with E-state index in [1.165, 1.54) is 37.8 Å². The predicted octanol–water partition coefficient (Wildman–Crippen LogP) is 1.82. The maximum Gasteiger partial charge on any atom is 0.238 e. The summed E-state index contributed by atoms with van der Waals surface area (Å²) in [5.41, 5.74) is 0.984. The van der Waals surface area contributed by atoms with E-state index in [2.05, 4.69) is 5.32 Å². The summed E-state index contributed by atoms with van der Waals surface area (Å²) < 4.78 is 22.4. The number of benzene rings is 1. The van der Waals surface area contributed by atoms with Gasteiger partial charge in [0.15, 0.2) is 0 Å². The van der Waals surface area contributed by atoms with Crippen LogP contribution in [0.1, 0.15) is 37.7 Å². The van der Waals surface area contributed by atoms with E-state index in [9.17, 15) is 13.2 Å². The van der Waals surface area contributed by atoms with E-state index in [1.807, 2.05) is 0 Å². The van der Waals surface area contributed by atoms with Crippen LogP contribution in [-0.4, -0.2) is 20.9 Å². The van der Waals surface area contributed by atoms with E-state index in [1.54, 1.807) is 12.1 Å². The van der Waals surface area contributed by atoms with Gasteiger partial charge in [0.05, 0.1) is 4.90 Å². The highest BCUT2D eigenvalue weighted by molar-refractivity contribution is 7.89. The van der Waals surface area contributed by atoms with Gasteiger partial charge in [0.2, 0.25) is 15.9 Å². The second-order valence-corrected chi connectivity index (χ2v) is 8.49. The van der Waals surface area contributed by atoms with E-state index in [-0.39, 0.29) is 10.8 Å². The zero-order valence-corrected chi connectivity index (χ0v) is 14.0. The fourth-order valence-electron chi connectivity index (χ4n) is 4.13. The molecule has 0 radical (unpaired) electrons. The maximum absolute atomic E-state index is 12.0. The van der Waals surface area contributed by atoms with Crippen molar-refractivity contribution in [1.82, 2.24) is 5.32 Å². The topological polar surface area (TPSA) is 89.3 Å². The van der Waals surface area contributed by atoms with Gasteiger partial charge in [-0.25, -0.2) is 13.6 Å². The van der Waals surface area contributed by atoms with Crippen molar-refractivity contribution in [2.24, 2.45) is 22.9 Å². The molecule has 0 aliphatic heterocycles. The van der Waals surface area contributed by atoms with Gasteiger partial charge >= 0.3 is 0 Å². The summed E-state index contributed by atoms with van der Waals surface area (Å²) in [4.78, 5) is 12.2. The molecule has 0 heterocycles. The largest absolute Gasteiger partial charge is 0.356 e. The fraction of sp³-hybridized carbons (Fsp3) is 0.588. The van der Waals surface area contributed by atoms with Gasteiger partial charge in [-0.2, -0.15) is 0 Å². The number of hydrogen-bond acceptors (Lipinski definition) is 3. The molecule has 3 atom stereocenters. The molecule has 2 bridgehead atoms. The van der Waals surface area contributed by atoms with E-state index < -0.39 is 10.0 Å². The summed E-state index contributed by atoms with van der Waals surface area (Å²) >= 11 is 0. The van der Waals surface area contributed by atoms with Crippen LogP contribution in [0.25, 0.3) is 0 Å². The monoisotopic (exact) mass is 336 g/mol. The molecule has 0 saturated heterocycles. The Morgan fingerprint density at radius 1 is 1.17 bits per heavy atom. The predicted molar refractivity (Wildman–Crippen MR) is 88.1 cm³/mol. The number of nitrogens with two attached hydrogens (primary N) is 1. The first-order valence-electron chi connectivity index (χ1n) is 8.30. The third kappa shape index (κ3) is 4.12. The van der Waals surface area contributed by atoms with Crippen molar-refractivity contribution in [2.45, 2.75) is 43.4 Å². The highest BCUT2D eigenvalue weighted by atomic mass is 32.2. The molecule has 1 aromatic carbocycles. The molecule has 126 valence electrons. The summed E-state index contributed by atoms with van der Waals surface area (Å²) in [5, 5.41) is 8.05. The van der Waals surface area contributed by atoms with Crippen LogP contribution in [0.5, 0.6) is 0 Å². The lowest BCUT2D eigenvalue weighted by molar-refractivity contribution is -0.122. The molecular weight excluding hydrogens is 312 g/mol. The number of carbonyl (C=O) groups is 1. The van der Waals surface area contributed by atoms with Crippen molar-refractivity contribution in [1.29, 1.82) is 0 Å². The lowest BCUT2D eigenvalue weighted by atomic mass is 9.86. The SMILES string of the molecule is NS(=O)(=O)c1ccc(CCNC(=O)CC2CC3CCC2C3)cc1. The molecule has 6 heteroatoms. The lowest BCUT2D eigenvalue weighted by Gasteiger charge is -2.20. The zero-order chi connectivity index (χ0) is 16.4. The minimum atomic E-state index is -3.64. The number of sulfonamides is 1. The molecule has 23 heavy (non-hydrogen) atoms. The molecule has 1 amide bonds. The number of carbonyl (C=O) groups excluding carboxylic acids is 1. The van der Waals surface area contributed by atoms with Crippen LogP contribution < -0.4 is 10.5 Å². The number of fused-ring (bicyclic) bond motifs is 2. The normalized spacial score (nSPS) is 26.4. The lowest BCUT2D eigenvalue weighted by Crippen LogP contribution is -2.29. The Hall–Kier alpha value is -1.40. The molecule has 0 aromatic heterocycles. The molecular formula is C17H24N2O3S. The van der Waals surface area contributed by atoms with E-state index in [0.717, 1.165) is 17.4 Å². The number of hydrogen-bond donors (Lipinski definition) is 2. The molecule has 5 nitrogen and oxygen atoms in total. The molecule has 2 saturated carbocycles. The second-order valence-electron chi connectivity index (χ2n) is 6.93. The van der Waals surface area contributed by atoms with Crippen LogP contribution in [-0.2, 0) is 21.2 Å². The zero-order valence-electron chi connectivity index (χ0n) is 13.2. The Balaban J connectivity index is 1.41. The van der Waals surface area contributed by atoms with Crippen molar-refractivity contribution in [3.8, 4) is 0 Å². The summed E-state index contributed by atoms with van der Waals surface area (Å²) in [6.07, 6.45) is 6.57. The Morgan fingerprint density at radius 2 is 1.91 bits per heavy atom. The molecule has 3 N–H and O–H groups in total. The van der Waals surface area contributed by atoms with Gasteiger partial charge in [0, 0.05) is 13.0 Å². The fourth-order valence-corrected chi connectivity index (χ4v) is 4.64. The van der Waals surface area contributed by atoms with Gasteiger partial charge in [-0.3, -0.25) is 4.79 Å². The smallest absolute Gasteiger partial charge is 0.238 e. The maximum atomic E-state index is 12.0. The van der Waals surface area contributed by atoms with Crippen molar-refractivity contribution in [3.63, 3.8) is 0 Å². The Labute approximate surface area is 137 Å². The van der Waals surface area contributed by atoms with Gasteiger partial charge in [0.25, 0.3) is 0 Å². The van der Waals surface area contributed by atoms with E-state index in [0.29, 0.717) is 25.3 Å². The van der Waals surface area contributed by atoms with E-state index in [4.69, 9.17) is 5.14 Å². The third-order valence-electron chi connectivity index (χ3n) is 5.32. The van der Waals surface area contributed by atoms with Crippen molar-refractivity contribution < 1.29 is 13.2 Å². The number of rotatable bonds is 6. The standard InChI is InChI=1S/C17H24N2O3S/c18-23(21,22)16-5-2-12(3-6-16)7-8-19-17(20)11-15-10-13-1-4-14(15)9-13/h2-3,5-6,13-15H,1,4,7-11H2,(H,19,20)(H2,18,21,22). The molecule has 2 fully saturated rings. The van der Waals surface area contributed by atoms with E-state index >= 15 is 0 Å². The van der Waals surface area contributed by atoms with Gasteiger partial charge in [-0.1, -0.05) is 18.6 Å². The van der Waals surface area contributed by atoms with Gasteiger partial charge < -0.3 is 5.32 Å². The highest BCUT2D eigenvalue weighted by Gasteiger charge is 2.39. The first-order chi connectivity index (χ1) is 10.9. The Kier molecular flexibility index (Phi) is 4.73. The average molecular weight is 336 g/mol. The van der Waals surface area contributed by atoms with Crippen molar-refractivity contribution in [2.75, 3.05) is 6.54 Å². The molecule has 0 spiro atoms. The van der Waals surface area contributed by atoms with Gasteiger partial charge in [-0.05, 0) is 61.1 Å². The van der Waals surface area contributed by atoms with Crippen LogP contribution in [0.2, 0.25) is 0 Å². The molecule has 3 unspecified atom stereocenters. The second kappa shape index (κ2) is 6.61. The van der Waals surface area contributed by atoms with Gasteiger partial charge in [-0.15, -0.1) is 0 Å². The summed E-state index contributed by atoms with van der Waals surface area (Å²) in [6, 6.07) is 6.48. The van der Waals surface area contributed by atoms with Crippen LogP contribution >= 0.6 is 0 Å². The molecule has 1 aromatic rings. The van der Waals surface area contributed by atoms with Crippen LogP contribution in [0.15, 0.2) is 29.2 Å². The first kappa shape index (κ1) is 16.5. The van der Waals surface area contributed by atoms with Gasteiger partial charge in [0.1, 0.15) is 0 Å². The van der Waals surface area contributed by atoms with Crippen LogP contribution in [0, 0.1) is 17.8 Å².